The molecule has 0 atom stereocenters. The number of rotatable bonds is 7. The zero-order valence-corrected chi connectivity index (χ0v) is 15.2. The highest BCUT2D eigenvalue weighted by Gasteiger charge is 2.15. The molecule has 2 heterocycles. The number of nitrogens with one attached hydrogen (secondary N) is 1. The number of esters is 1. The van der Waals surface area contributed by atoms with Crippen molar-refractivity contribution < 1.29 is 18.7 Å². The van der Waals surface area contributed by atoms with Crippen LogP contribution in [-0.4, -0.2) is 39.4 Å². The smallest absolute Gasteiger partial charge is 0.340 e. The van der Waals surface area contributed by atoms with Crippen molar-refractivity contribution in [2.24, 2.45) is 0 Å². The normalized spacial score (nSPS) is 10.4. The maximum Gasteiger partial charge on any atom is 0.340 e. The van der Waals surface area contributed by atoms with E-state index in [4.69, 9.17) is 9.15 Å². The summed E-state index contributed by atoms with van der Waals surface area (Å²) in [6, 6.07) is 10.2. The third-order valence-corrected chi connectivity index (χ3v) is 4.18. The van der Waals surface area contributed by atoms with Gasteiger partial charge in [-0.15, -0.1) is 10.2 Å². The molecule has 0 aliphatic carbocycles. The first-order valence-electron chi connectivity index (χ1n) is 8.10. The topological polar surface area (TPSA) is 107 Å². The van der Waals surface area contributed by atoms with Gasteiger partial charge in [-0.2, -0.15) is 0 Å². The quantitative estimate of drug-likeness (QED) is 0.489. The van der Waals surface area contributed by atoms with Gasteiger partial charge in [0.15, 0.2) is 0 Å². The van der Waals surface area contributed by atoms with Crippen LogP contribution in [0.3, 0.4) is 0 Å². The van der Waals surface area contributed by atoms with Crippen molar-refractivity contribution in [2.75, 3.05) is 17.7 Å². The van der Waals surface area contributed by atoms with Gasteiger partial charge in [-0.1, -0.05) is 23.9 Å². The molecule has 0 aliphatic heterocycles. The van der Waals surface area contributed by atoms with E-state index in [2.05, 4.69) is 20.5 Å². The number of thioether (sulfide) groups is 1. The zero-order valence-electron chi connectivity index (χ0n) is 14.4. The second kappa shape index (κ2) is 8.95. The van der Waals surface area contributed by atoms with Crippen LogP contribution in [0.2, 0.25) is 0 Å². The van der Waals surface area contributed by atoms with Crippen LogP contribution in [0.5, 0.6) is 0 Å². The molecule has 1 aromatic carbocycles. The fourth-order valence-corrected chi connectivity index (χ4v) is 2.73. The van der Waals surface area contributed by atoms with Gasteiger partial charge >= 0.3 is 5.97 Å². The summed E-state index contributed by atoms with van der Waals surface area (Å²) in [5.41, 5.74) is 1.44. The van der Waals surface area contributed by atoms with Gasteiger partial charge in [0, 0.05) is 18.0 Å². The Balaban J connectivity index is 1.60. The number of carbonyl (C=O) groups is 2. The molecule has 0 saturated heterocycles. The zero-order chi connectivity index (χ0) is 19.1. The molecule has 1 N–H and O–H groups in total. The molecule has 0 fully saturated rings. The summed E-state index contributed by atoms with van der Waals surface area (Å²) in [5.74, 6) is -0.386. The Hall–Kier alpha value is -3.20. The number of benzene rings is 1. The van der Waals surface area contributed by atoms with E-state index in [-0.39, 0.29) is 23.5 Å². The highest BCUT2D eigenvalue weighted by atomic mass is 32.2. The van der Waals surface area contributed by atoms with Crippen LogP contribution >= 0.6 is 11.8 Å². The molecule has 0 unspecified atom stereocenters. The van der Waals surface area contributed by atoms with Crippen molar-refractivity contribution in [3.8, 4) is 11.5 Å². The van der Waals surface area contributed by atoms with E-state index < -0.39 is 5.97 Å². The number of para-hydroxylation sites is 1. The first-order chi connectivity index (χ1) is 13.2. The average Bonchev–Trinajstić information content (AvgIpc) is 3.17. The summed E-state index contributed by atoms with van der Waals surface area (Å²) < 4.78 is 10.5. The molecule has 2 aromatic heterocycles. The maximum absolute atomic E-state index is 12.2. The number of hydrogen-bond donors (Lipinski definition) is 1. The number of amides is 1. The van der Waals surface area contributed by atoms with E-state index in [1.54, 1.807) is 55.7 Å². The maximum atomic E-state index is 12.2. The summed E-state index contributed by atoms with van der Waals surface area (Å²) in [6.45, 7) is 1.98. The Morgan fingerprint density at radius 3 is 2.70 bits per heavy atom. The number of carbonyl (C=O) groups excluding carboxylic acids is 2. The van der Waals surface area contributed by atoms with Crippen molar-refractivity contribution >= 4 is 29.3 Å². The lowest BCUT2D eigenvalue weighted by Crippen LogP contribution is -2.17. The molecule has 0 aliphatic rings. The molecule has 0 saturated carbocycles. The summed E-state index contributed by atoms with van der Waals surface area (Å²) in [7, 11) is 0. The van der Waals surface area contributed by atoms with Crippen LogP contribution < -0.4 is 5.32 Å². The van der Waals surface area contributed by atoms with Gasteiger partial charge < -0.3 is 14.5 Å². The summed E-state index contributed by atoms with van der Waals surface area (Å²) in [6.07, 6.45) is 3.25. The molecule has 138 valence electrons. The number of anilines is 1. The van der Waals surface area contributed by atoms with Crippen LogP contribution in [0, 0.1) is 0 Å². The lowest BCUT2D eigenvalue weighted by Gasteiger charge is -2.09. The minimum atomic E-state index is -0.486. The standard InChI is InChI=1S/C18H16N4O4S/c1-2-25-17(24)13-5-3-4-6-14(13)20-15(23)11-27-18-22-21-16(26-18)12-7-9-19-10-8-12/h3-10H,2,11H2,1H3,(H,20,23). The lowest BCUT2D eigenvalue weighted by molar-refractivity contribution is -0.113. The predicted octanol–water partition coefficient (Wildman–Crippen LogP) is 3.04. The Kier molecular flexibility index (Phi) is 6.16. The largest absolute Gasteiger partial charge is 0.462 e. The number of aromatic nitrogens is 3. The molecule has 27 heavy (non-hydrogen) atoms. The third kappa shape index (κ3) is 4.91. The molecule has 3 rings (SSSR count). The van der Waals surface area contributed by atoms with Gasteiger partial charge in [0.25, 0.3) is 5.22 Å². The van der Waals surface area contributed by atoms with E-state index in [9.17, 15) is 9.59 Å². The minimum Gasteiger partial charge on any atom is -0.462 e. The van der Waals surface area contributed by atoms with Crippen molar-refractivity contribution in [1.29, 1.82) is 0 Å². The Labute approximate surface area is 159 Å². The molecule has 9 heteroatoms. The second-order valence-corrected chi connectivity index (χ2v) is 6.14. The third-order valence-electron chi connectivity index (χ3n) is 3.36. The SMILES string of the molecule is CCOC(=O)c1ccccc1NC(=O)CSc1nnc(-c2ccncc2)o1. The van der Waals surface area contributed by atoms with Crippen LogP contribution in [0.15, 0.2) is 58.4 Å². The lowest BCUT2D eigenvalue weighted by atomic mass is 10.2. The fourth-order valence-electron chi connectivity index (χ4n) is 2.17. The molecule has 0 spiro atoms. The molecular weight excluding hydrogens is 368 g/mol. The molecule has 0 bridgehead atoms. The second-order valence-electron chi connectivity index (χ2n) is 5.21. The van der Waals surface area contributed by atoms with E-state index in [1.165, 1.54) is 0 Å². The van der Waals surface area contributed by atoms with Crippen molar-refractivity contribution in [3.63, 3.8) is 0 Å². The molecule has 3 aromatic rings. The van der Waals surface area contributed by atoms with E-state index in [0.717, 1.165) is 17.3 Å². The van der Waals surface area contributed by atoms with E-state index in [1.807, 2.05) is 0 Å². The summed E-state index contributed by atoms with van der Waals surface area (Å²) >= 11 is 1.10. The average molecular weight is 384 g/mol. The summed E-state index contributed by atoms with van der Waals surface area (Å²) in [5, 5.41) is 10.8. The van der Waals surface area contributed by atoms with Crippen LogP contribution in [0.25, 0.3) is 11.5 Å². The number of hydrogen-bond acceptors (Lipinski definition) is 8. The molecule has 8 nitrogen and oxygen atoms in total. The van der Waals surface area contributed by atoms with Gasteiger partial charge in [-0.3, -0.25) is 9.78 Å². The molecular formula is C18H16N4O4S. The first-order valence-corrected chi connectivity index (χ1v) is 9.08. The minimum absolute atomic E-state index is 0.0507. The van der Waals surface area contributed by atoms with Crippen molar-refractivity contribution in [3.05, 3.63) is 54.4 Å². The van der Waals surface area contributed by atoms with E-state index in [0.29, 0.717) is 17.1 Å². The Morgan fingerprint density at radius 2 is 1.93 bits per heavy atom. The van der Waals surface area contributed by atoms with Gasteiger partial charge in [0.05, 0.1) is 23.6 Å². The fraction of sp³-hybridized carbons (Fsp3) is 0.167. The predicted molar refractivity (Wildman–Crippen MR) is 99.3 cm³/mol. The molecule has 1 amide bonds. The summed E-state index contributed by atoms with van der Waals surface area (Å²) in [4.78, 5) is 28.1. The highest BCUT2D eigenvalue weighted by Crippen LogP contribution is 2.23. The van der Waals surface area contributed by atoms with Gasteiger partial charge in [0.2, 0.25) is 11.8 Å². The van der Waals surface area contributed by atoms with Crippen molar-refractivity contribution in [1.82, 2.24) is 15.2 Å². The number of pyridine rings is 1. The van der Waals surface area contributed by atoms with E-state index >= 15 is 0 Å². The first kappa shape index (κ1) is 18.6. The van der Waals surface area contributed by atoms with Gasteiger partial charge in [0.1, 0.15) is 0 Å². The van der Waals surface area contributed by atoms with Crippen LogP contribution in [0.4, 0.5) is 5.69 Å². The Bertz CT molecular complexity index is 930. The van der Waals surface area contributed by atoms with Crippen LogP contribution in [0.1, 0.15) is 17.3 Å². The van der Waals surface area contributed by atoms with Gasteiger partial charge in [-0.05, 0) is 31.2 Å². The Morgan fingerprint density at radius 1 is 1.15 bits per heavy atom. The van der Waals surface area contributed by atoms with Crippen LogP contribution in [-0.2, 0) is 9.53 Å². The van der Waals surface area contributed by atoms with Crippen molar-refractivity contribution in [2.45, 2.75) is 12.1 Å². The number of ether oxygens (including phenoxy) is 1. The van der Waals surface area contributed by atoms with Gasteiger partial charge in [-0.25, -0.2) is 4.79 Å². The highest BCUT2D eigenvalue weighted by molar-refractivity contribution is 7.99. The molecule has 0 radical (unpaired) electrons. The number of nitrogens with zero attached hydrogens (tertiary/aromatic N) is 3. The monoisotopic (exact) mass is 384 g/mol.